The molecule has 0 saturated carbocycles. The minimum Gasteiger partial charge on any atom is -0.378 e. The fraction of sp³-hybridized carbons (Fsp3) is 0.345. The monoisotopic (exact) mass is 442 g/mol. The summed E-state index contributed by atoms with van der Waals surface area (Å²) in [6, 6.07) is 27.0. The van der Waals surface area contributed by atoms with Gasteiger partial charge >= 0.3 is 0 Å². The number of benzene rings is 3. The lowest BCUT2D eigenvalue weighted by molar-refractivity contribution is 0.0666. The molecule has 1 atom stereocenters. The van der Waals surface area contributed by atoms with Crippen molar-refractivity contribution >= 4 is 11.5 Å². The van der Waals surface area contributed by atoms with Crippen molar-refractivity contribution < 1.29 is 9.53 Å². The number of ketones is 1. The summed E-state index contributed by atoms with van der Waals surface area (Å²) in [6.07, 6.45) is 1.44. The maximum absolute atomic E-state index is 13.8. The van der Waals surface area contributed by atoms with Gasteiger partial charge in [-0.15, -0.1) is 0 Å². The highest BCUT2D eigenvalue weighted by molar-refractivity contribution is 6.03. The third-order valence-corrected chi connectivity index (χ3v) is 6.93. The van der Waals surface area contributed by atoms with Crippen LogP contribution in [0.4, 0.5) is 5.69 Å². The zero-order valence-electron chi connectivity index (χ0n) is 20.0. The molecule has 0 bridgehead atoms. The van der Waals surface area contributed by atoms with Gasteiger partial charge in [-0.05, 0) is 55.8 Å². The van der Waals surface area contributed by atoms with Crippen molar-refractivity contribution in [2.24, 2.45) is 0 Å². The van der Waals surface area contributed by atoms with E-state index in [0.29, 0.717) is 6.42 Å². The Morgan fingerprint density at radius 1 is 0.879 bits per heavy atom. The van der Waals surface area contributed by atoms with E-state index in [-0.39, 0.29) is 5.78 Å². The summed E-state index contributed by atoms with van der Waals surface area (Å²) in [5, 5.41) is 0. The van der Waals surface area contributed by atoms with Crippen LogP contribution < -0.4 is 4.90 Å². The van der Waals surface area contributed by atoms with E-state index in [4.69, 9.17) is 4.74 Å². The summed E-state index contributed by atoms with van der Waals surface area (Å²) in [5.74, 6) is 0.174. The molecule has 1 unspecified atom stereocenters. The molecule has 0 radical (unpaired) electrons. The van der Waals surface area contributed by atoms with Crippen molar-refractivity contribution in [1.82, 2.24) is 4.90 Å². The van der Waals surface area contributed by atoms with Crippen molar-refractivity contribution in [3.8, 4) is 11.1 Å². The van der Waals surface area contributed by atoms with Gasteiger partial charge in [0.2, 0.25) is 0 Å². The number of hydrogen-bond donors (Lipinski definition) is 0. The van der Waals surface area contributed by atoms with Gasteiger partial charge in [-0.3, -0.25) is 9.69 Å². The molecule has 1 heterocycles. The number of rotatable bonds is 8. The van der Waals surface area contributed by atoms with E-state index in [0.717, 1.165) is 49.4 Å². The Morgan fingerprint density at radius 2 is 1.45 bits per heavy atom. The number of morpholine rings is 1. The summed E-state index contributed by atoms with van der Waals surface area (Å²) in [7, 11) is 4.02. The number of anilines is 1. The second-order valence-electron chi connectivity index (χ2n) is 8.99. The quantitative estimate of drug-likeness (QED) is 0.442. The highest BCUT2D eigenvalue weighted by Gasteiger charge is 2.39. The molecule has 33 heavy (non-hydrogen) atoms. The van der Waals surface area contributed by atoms with Crippen LogP contribution in [0.25, 0.3) is 11.1 Å². The molecule has 1 fully saturated rings. The van der Waals surface area contributed by atoms with Crippen LogP contribution in [0.5, 0.6) is 0 Å². The number of Topliss-reactive ketones (excluding diaryl/α,β-unsaturated/α-hetero) is 1. The van der Waals surface area contributed by atoms with Gasteiger partial charge < -0.3 is 9.64 Å². The molecule has 0 aromatic heterocycles. The number of nitrogens with zero attached hydrogens (tertiary/aromatic N) is 2. The van der Waals surface area contributed by atoms with Crippen LogP contribution in [0.15, 0.2) is 78.9 Å². The lowest BCUT2D eigenvalue weighted by atomic mass is 9.80. The van der Waals surface area contributed by atoms with Crippen LogP contribution in [0.2, 0.25) is 0 Å². The third kappa shape index (κ3) is 5.02. The summed E-state index contributed by atoms with van der Waals surface area (Å²) >= 11 is 0. The van der Waals surface area contributed by atoms with E-state index in [9.17, 15) is 4.79 Å². The zero-order valence-corrected chi connectivity index (χ0v) is 20.0. The summed E-state index contributed by atoms with van der Waals surface area (Å²) in [6.45, 7) is 5.54. The van der Waals surface area contributed by atoms with Gasteiger partial charge in [-0.25, -0.2) is 0 Å². The number of hydrogen-bond acceptors (Lipinski definition) is 4. The van der Waals surface area contributed by atoms with Crippen LogP contribution in [-0.4, -0.2) is 56.6 Å². The van der Waals surface area contributed by atoms with E-state index >= 15 is 0 Å². The Morgan fingerprint density at radius 3 is 2.00 bits per heavy atom. The van der Waals surface area contributed by atoms with Gasteiger partial charge in [0.25, 0.3) is 0 Å². The van der Waals surface area contributed by atoms with Gasteiger partial charge in [0.05, 0.1) is 18.8 Å². The summed E-state index contributed by atoms with van der Waals surface area (Å²) in [4.78, 5) is 18.2. The zero-order chi connectivity index (χ0) is 23.3. The molecule has 1 aliphatic heterocycles. The van der Waals surface area contributed by atoms with Crippen LogP contribution in [0, 0.1) is 0 Å². The molecular formula is C29H34N2O2. The van der Waals surface area contributed by atoms with Crippen molar-refractivity contribution in [1.29, 1.82) is 0 Å². The Balaban J connectivity index is 1.54. The molecule has 0 N–H and O–H groups in total. The van der Waals surface area contributed by atoms with Crippen molar-refractivity contribution in [2.45, 2.75) is 25.3 Å². The second-order valence-corrected chi connectivity index (χ2v) is 8.99. The maximum Gasteiger partial charge on any atom is 0.183 e. The van der Waals surface area contributed by atoms with E-state index in [1.54, 1.807) is 0 Å². The van der Waals surface area contributed by atoms with Crippen LogP contribution in [-0.2, 0) is 11.2 Å². The lowest BCUT2D eigenvalue weighted by Gasteiger charge is -2.38. The second kappa shape index (κ2) is 10.3. The fourth-order valence-corrected chi connectivity index (χ4v) is 4.75. The van der Waals surface area contributed by atoms with Gasteiger partial charge in [0.1, 0.15) is 0 Å². The molecule has 172 valence electrons. The number of likely N-dealkylation sites (N-methyl/N-ethyl adjacent to an activating group) is 1. The van der Waals surface area contributed by atoms with Crippen molar-refractivity contribution in [3.63, 3.8) is 0 Å². The first-order chi connectivity index (χ1) is 16.0. The average molecular weight is 443 g/mol. The molecule has 1 aliphatic rings. The minimum atomic E-state index is -0.567. The van der Waals surface area contributed by atoms with E-state index in [1.165, 1.54) is 11.3 Å². The fourth-order valence-electron chi connectivity index (χ4n) is 4.75. The van der Waals surface area contributed by atoms with Crippen molar-refractivity contribution in [3.05, 3.63) is 90.0 Å². The van der Waals surface area contributed by atoms with Crippen LogP contribution in [0.1, 0.15) is 29.3 Å². The molecule has 4 heteroatoms. The summed E-state index contributed by atoms with van der Waals surface area (Å²) in [5.41, 5.74) is 4.88. The van der Waals surface area contributed by atoms with Gasteiger partial charge in [0.15, 0.2) is 5.78 Å². The van der Waals surface area contributed by atoms with E-state index in [2.05, 4.69) is 65.3 Å². The number of carbonyl (C=O) groups is 1. The lowest BCUT2D eigenvalue weighted by Crippen LogP contribution is -2.52. The van der Waals surface area contributed by atoms with Crippen molar-refractivity contribution in [2.75, 3.05) is 45.3 Å². The first-order valence-electron chi connectivity index (χ1n) is 11.8. The minimum absolute atomic E-state index is 0.174. The smallest absolute Gasteiger partial charge is 0.183 e. The molecule has 3 aromatic carbocycles. The number of carbonyl (C=O) groups excluding carboxylic acids is 1. The molecule has 4 rings (SSSR count). The average Bonchev–Trinajstić information content (AvgIpc) is 2.88. The normalized spacial score (nSPS) is 15.9. The molecule has 1 saturated heterocycles. The predicted molar refractivity (Wildman–Crippen MR) is 136 cm³/mol. The molecule has 0 aliphatic carbocycles. The first kappa shape index (κ1) is 23.2. The Kier molecular flexibility index (Phi) is 7.26. The first-order valence-corrected chi connectivity index (χ1v) is 11.8. The topological polar surface area (TPSA) is 32.8 Å². The van der Waals surface area contributed by atoms with Gasteiger partial charge in [0, 0.05) is 24.3 Å². The molecule has 0 amide bonds. The van der Waals surface area contributed by atoms with Crippen LogP contribution in [0.3, 0.4) is 0 Å². The third-order valence-electron chi connectivity index (χ3n) is 6.93. The molecule has 3 aromatic rings. The molecular weight excluding hydrogens is 408 g/mol. The maximum atomic E-state index is 13.8. The molecule has 0 spiro atoms. The predicted octanol–water partition coefficient (Wildman–Crippen LogP) is 5.33. The van der Waals surface area contributed by atoms with Gasteiger partial charge in [-0.2, -0.15) is 0 Å². The Bertz CT molecular complexity index is 1040. The number of ether oxygens (including phenoxy) is 1. The van der Waals surface area contributed by atoms with E-state index < -0.39 is 5.54 Å². The Hall–Kier alpha value is -2.95. The highest BCUT2D eigenvalue weighted by Crippen LogP contribution is 2.29. The largest absolute Gasteiger partial charge is 0.378 e. The Labute approximate surface area is 197 Å². The van der Waals surface area contributed by atoms with Gasteiger partial charge in [-0.1, -0.05) is 73.7 Å². The molecule has 4 nitrogen and oxygen atoms in total. The van der Waals surface area contributed by atoms with E-state index in [1.807, 2.05) is 44.4 Å². The SMILES string of the molecule is CCC(Cc1ccccc1)(C(=O)c1ccc(-c2ccc(N3CCOCC3)cc2)cc1)N(C)C. The summed E-state index contributed by atoms with van der Waals surface area (Å²) < 4.78 is 5.45. The van der Waals surface area contributed by atoms with Crippen LogP contribution >= 0.6 is 0 Å². The highest BCUT2D eigenvalue weighted by atomic mass is 16.5. The standard InChI is InChI=1S/C29H34N2O2/c1-4-29(30(2)3,22-23-8-6-5-7-9-23)28(32)26-12-10-24(11-13-26)25-14-16-27(17-15-25)31-18-20-33-21-19-31/h5-17H,4,18-22H2,1-3H3.